The van der Waals surface area contributed by atoms with Crippen molar-refractivity contribution in [2.24, 2.45) is 5.92 Å². The molecule has 0 saturated heterocycles. The van der Waals surface area contributed by atoms with Crippen LogP contribution in [0.1, 0.15) is 38.3 Å². The summed E-state index contributed by atoms with van der Waals surface area (Å²) in [6.07, 6.45) is 0.898. The quantitative estimate of drug-likeness (QED) is 0.389. The molecule has 3 aromatic rings. The highest BCUT2D eigenvalue weighted by Crippen LogP contribution is 2.25. The van der Waals surface area contributed by atoms with Crippen LogP contribution in [0.4, 0.5) is 0 Å². The van der Waals surface area contributed by atoms with Gasteiger partial charge in [-0.2, -0.15) is 0 Å². The second kappa shape index (κ2) is 11.5. The molecule has 6 heteroatoms. The molecule has 3 aromatic carbocycles. The van der Waals surface area contributed by atoms with Crippen LogP contribution in [0.2, 0.25) is 10.0 Å². The minimum atomic E-state index is -0.613. The fraction of sp³-hybridized carbons (Fsp3) is 0.333. The van der Waals surface area contributed by atoms with Crippen LogP contribution >= 0.6 is 23.2 Å². The van der Waals surface area contributed by atoms with Crippen molar-refractivity contribution in [1.29, 1.82) is 0 Å². The molecule has 33 heavy (non-hydrogen) atoms. The molecule has 0 radical (unpaired) electrons. The molecule has 0 aliphatic heterocycles. The summed E-state index contributed by atoms with van der Waals surface area (Å²) in [6.45, 7) is 6.68. The maximum atomic E-state index is 13.4. The van der Waals surface area contributed by atoms with Gasteiger partial charge in [-0.3, -0.25) is 9.59 Å². The van der Waals surface area contributed by atoms with E-state index in [1.165, 1.54) is 0 Å². The Morgan fingerprint density at radius 2 is 1.67 bits per heavy atom. The molecular formula is C27H30Cl2N2O2. The normalized spacial score (nSPS) is 12.1. The number of carbonyl (C=O) groups is 2. The maximum Gasteiger partial charge on any atom is 0.242 e. The maximum absolute atomic E-state index is 13.4. The van der Waals surface area contributed by atoms with E-state index in [1.54, 1.807) is 24.0 Å². The number of amides is 2. The molecule has 2 amide bonds. The fourth-order valence-electron chi connectivity index (χ4n) is 3.77. The predicted octanol–water partition coefficient (Wildman–Crippen LogP) is 6.27. The lowest BCUT2D eigenvalue weighted by molar-refractivity contribution is -0.140. The number of fused-ring (bicyclic) bond motifs is 1. The first kappa shape index (κ1) is 25.1. The minimum Gasteiger partial charge on any atom is -0.354 e. The molecule has 0 aliphatic carbocycles. The summed E-state index contributed by atoms with van der Waals surface area (Å²) in [6, 6.07) is 19.0. The Labute approximate surface area is 205 Å². The zero-order valence-electron chi connectivity index (χ0n) is 19.3. The number of hydrogen-bond acceptors (Lipinski definition) is 2. The summed E-state index contributed by atoms with van der Waals surface area (Å²) in [5.41, 5.74) is 1.94. The van der Waals surface area contributed by atoms with Crippen LogP contribution in [0.5, 0.6) is 0 Å². The van der Waals surface area contributed by atoms with Gasteiger partial charge in [-0.15, -0.1) is 0 Å². The van der Waals surface area contributed by atoms with E-state index in [-0.39, 0.29) is 18.4 Å². The molecule has 0 bridgehead atoms. The first-order valence-corrected chi connectivity index (χ1v) is 12.0. The van der Waals surface area contributed by atoms with Crippen molar-refractivity contribution < 1.29 is 9.59 Å². The van der Waals surface area contributed by atoms with Crippen molar-refractivity contribution in [2.45, 2.75) is 46.2 Å². The van der Waals surface area contributed by atoms with E-state index in [2.05, 4.69) is 29.6 Å². The van der Waals surface area contributed by atoms with E-state index in [9.17, 15) is 9.59 Å². The predicted molar refractivity (Wildman–Crippen MR) is 137 cm³/mol. The van der Waals surface area contributed by atoms with E-state index in [0.717, 1.165) is 21.9 Å². The van der Waals surface area contributed by atoms with Crippen LogP contribution in [-0.2, 0) is 22.6 Å². The average Bonchev–Trinajstić information content (AvgIpc) is 2.81. The SMILES string of the molecule is CC(C)CNC(=O)[C@@H](C)N(Cc1ccc(Cl)c(Cl)c1)C(=O)CCc1cccc2ccccc12. The third-order valence-corrected chi connectivity index (χ3v) is 6.42. The second-order valence-corrected chi connectivity index (χ2v) is 9.54. The number of nitrogens with one attached hydrogen (secondary N) is 1. The smallest absolute Gasteiger partial charge is 0.242 e. The molecule has 174 valence electrons. The zero-order valence-corrected chi connectivity index (χ0v) is 20.8. The molecule has 0 saturated carbocycles. The van der Waals surface area contributed by atoms with E-state index >= 15 is 0 Å². The number of nitrogens with zero attached hydrogens (tertiary/aromatic N) is 1. The molecule has 3 rings (SSSR count). The number of aryl methyl sites for hydroxylation is 1. The van der Waals surface area contributed by atoms with Gasteiger partial charge in [0.25, 0.3) is 0 Å². The average molecular weight is 485 g/mol. The van der Waals surface area contributed by atoms with Gasteiger partial charge in [0, 0.05) is 19.5 Å². The van der Waals surface area contributed by atoms with Gasteiger partial charge in [-0.05, 0) is 53.3 Å². The van der Waals surface area contributed by atoms with E-state index in [4.69, 9.17) is 23.2 Å². The molecule has 0 aliphatic rings. The highest BCUT2D eigenvalue weighted by Gasteiger charge is 2.26. The molecular weight excluding hydrogens is 455 g/mol. The largest absolute Gasteiger partial charge is 0.354 e. The van der Waals surface area contributed by atoms with E-state index in [0.29, 0.717) is 35.3 Å². The highest BCUT2D eigenvalue weighted by molar-refractivity contribution is 6.42. The minimum absolute atomic E-state index is 0.0822. The second-order valence-electron chi connectivity index (χ2n) is 8.72. The van der Waals surface area contributed by atoms with E-state index in [1.807, 2.05) is 38.1 Å². The van der Waals surface area contributed by atoms with Gasteiger partial charge >= 0.3 is 0 Å². The monoisotopic (exact) mass is 484 g/mol. The van der Waals surface area contributed by atoms with E-state index < -0.39 is 6.04 Å². The van der Waals surface area contributed by atoms with Gasteiger partial charge in [0.1, 0.15) is 6.04 Å². The van der Waals surface area contributed by atoms with Crippen molar-refractivity contribution >= 4 is 45.8 Å². The zero-order chi connectivity index (χ0) is 24.0. The van der Waals surface area contributed by atoms with Gasteiger partial charge in [0.15, 0.2) is 0 Å². The van der Waals surface area contributed by atoms with Crippen LogP contribution in [0.25, 0.3) is 10.8 Å². The van der Waals surface area contributed by atoms with Crippen LogP contribution in [0.15, 0.2) is 60.7 Å². The Morgan fingerprint density at radius 1 is 0.939 bits per heavy atom. The summed E-state index contributed by atoms with van der Waals surface area (Å²) in [5, 5.41) is 6.12. The van der Waals surface area contributed by atoms with Crippen molar-refractivity contribution in [1.82, 2.24) is 10.2 Å². The Hall–Kier alpha value is -2.56. The fourth-order valence-corrected chi connectivity index (χ4v) is 4.09. The Kier molecular flexibility index (Phi) is 8.76. The lowest BCUT2D eigenvalue weighted by Gasteiger charge is -2.29. The molecule has 1 N–H and O–H groups in total. The van der Waals surface area contributed by atoms with Gasteiger partial charge in [-0.25, -0.2) is 0 Å². The van der Waals surface area contributed by atoms with Crippen molar-refractivity contribution in [3.63, 3.8) is 0 Å². The summed E-state index contributed by atoms with van der Waals surface area (Å²) >= 11 is 12.2. The van der Waals surface area contributed by atoms with Gasteiger partial charge < -0.3 is 10.2 Å². The first-order valence-electron chi connectivity index (χ1n) is 11.2. The van der Waals surface area contributed by atoms with Gasteiger partial charge in [-0.1, -0.05) is 85.6 Å². The van der Waals surface area contributed by atoms with Crippen LogP contribution in [-0.4, -0.2) is 29.3 Å². The molecule has 0 spiro atoms. The lowest BCUT2D eigenvalue weighted by atomic mass is 10.0. The summed E-state index contributed by atoms with van der Waals surface area (Å²) in [5.74, 6) is 0.0789. The summed E-state index contributed by atoms with van der Waals surface area (Å²) in [7, 11) is 0. The number of rotatable bonds is 9. The number of benzene rings is 3. The molecule has 0 heterocycles. The van der Waals surface area contributed by atoms with Crippen LogP contribution in [0, 0.1) is 5.92 Å². The van der Waals surface area contributed by atoms with Crippen LogP contribution in [0.3, 0.4) is 0 Å². The van der Waals surface area contributed by atoms with Gasteiger partial charge in [0.2, 0.25) is 11.8 Å². The highest BCUT2D eigenvalue weighted by atomic mass is 35.5. The Morgan fingerprint density at radius 3 is 2.39 bits per heavy atom. The Balaban J connectivity index is 1.79. The number of carbonyl (C=O) groups excluding carboxylic acids is 2. The van der Waals surface area contributed by atoms with Gasteiger partial charge in [0.05, 0.1) is 10.0 Å². The van der Waals surface area contributed by atoms with Crippen LogP contribution < -0.4 is 5.32 Å². The first-order chi connectivity index (χ1) is 15.8. The summed E-state index contributed by atoms with van der Waals surface area (Å²) < 4.78 is 0. The topological polar surface area (TPSA) is 49.4 Å². The number of halogens is 2. The molecule has 4 nitrogen and oxygen atoms in total. The molecule has 0 unspecified atom stereocenters. The Bertz CT molecular complexity index is 1120. The number of hydrogen-bond donors (Lipinski definition) is 1. The van der Waals surface area contributed by atoms with Crippen molar-refractivity contribution in [2.75, 3.05) is 6.54 Å². The molecule has 0 fully saturated rings. The lowest BCUT2D eigenvalue weighted by Crippen LogP contribution is -2.48. The molecule has 0 aromatic heterocycles. The summed E-state index contributed by atoms with van der Waals surface area (Å²) in [4.78, 5) is 27.8. The third-order valence-electron chi connectivity index (χ3n) is 5.68. The molecule has 1 atom stereocenters. The third kappa shape index (κ3) is 6.72. The standard InChI is InChI=1S/C27H30Cl2N2O2/c1-18(2)16-30-27(33)19(3)31(17-20-11-13-24(28)25(29)15-20)26(32)14-12-22-9-6-8-21-7-4-5-10-23(21)22/h4-11,13,15,18-19H,12,14,16-17H2,1-3H3,(H,30,33)/t19-/m1/s1. The van der Waals surface area contributed by atoms with Crippen molar-refractivity contribution in [3.8, 4) is 0 Å². The van der Waals surface area contributed by atoms with Crippen molar-refractivity contribution in [3.05, 3.63) is 81.8 Å².